The fourth-order valence-corrected chi connectivity index (χ4v) is 3.28. The largest absolute Gasteiger partial charge is 0.465 e. The predicted octanol–water partition coefficient (Wildman–Crippen LogP) is 3.74. The normalized spacial score (nSPS) is 10.4. The maximum atomic E-state index is 12.8. The highest BCUT2D eigenvalue weighted by Gasteiger charge is 2.22. The summed E-state index contributed by atoms with van der Waals surface area (Å²) in [6.45, 7) is 1.56. The number of nitro groups is 1. The molecule has 9 nitrogen and oxygen atoms in total. The van der Waals surface area contributed by atoms with Gasteiger partial charge in [-0.15, -0.1) is 0 Å². The summed E-state index contributed by atoms with van der Waals surface area (Å²) in [5.41, 5.74) is -0.210. The van der Waals surface area contributed by atoms with Gasteiger partial charge in [0.25, 0.3) is 11.6 Å². The summed E-state index contributed by atoms with van der Waals surface area (Å²) in [6, 6.07) is 16.2. The van der Waals surface area contributed by atoms with Crippen LogP contribution in [-0.2, 0) is 14.3 Å². The maximum absolute atomic E-state index is 12.8. The van der Waals surface area contributed by atoms with E-state index in [9.17, 15) is 24.5 Å². The molecule has 0 saturated heterocycles. The Labute approximate surface area is 183 Å². The molecule has 0 radical (unpaired) electrons. The zero-order chi connectivity index (χ0) is 23.3. The Balaban J connectivity index is 1.80. The molecule has 0 spiro atoms. The topological polar surface area (TPSA) is 116 Å². The van der Waals surface area contributed by atoms with Crippen molar-refractivity contribution in [2.45, 2.75) is 6.92 Å². The first-order valence-corrected chi connectivity index (χ1v) is 9.68. The molecule has 0 saturated carbocycles. The van der Waals surface area contributed by atoms with Crippen LogP contribution in [0.2, 0.25) is 0 Å². The van der Waals surface area contributed by atoms with Gasteiger partial charge in [0, 0.05) is 24.1 Å². The van der Waals surface area contributed by atoms with Gasteiger partial charge in [-0.2, -0.15) is 0 Å². The number of rotatable bonds is 7. The summed E-state index contributed by atoms with van der Waals surface area (Å²) in [4.78, 5) is 48.9. The van der Waals surface area contributed by atoms with Gasteiger partial charge >= 0.3 is 11.9 Å². The number of amides is 1. The molecule has 3 aromatic carbocycles. The number of likely N-dealkylation sites (N-methyl/N-ethyl adjacent to an activating group) is 1. The van der Waals surface area contributed by atoms with Gasteiger partial charge < -0.3 is 14.4 Å². The van der Waals surface area contributed by atoms with E-state index < -0.39 is 35.1 Å². The number of carbonyl (C=O) groups is 3. The third-order valence-corrected chi connectivity index (χ3v) is 4.79. The number of anilines is 1. The van der Waals surface area contributed by atoms with E-state index in [0.29, 0.717) is 12.2 Å². The van der Waals surface area contributed by atoms with Crippen LogP contribution in [0, 0.1) is 10.1 Å². The minimum absolute atomic E-state index is 0.175. The van der Waals surface area contributed by atoms with Crippen LogP contribution in [-0.4, -0.2) is 43.0 Å². The van der Waals surface area contributed by atoms with Gasteiger partial charge in [-0.3, -0.25) is 14.9 Å². The molecule has 0 aliphatic carbocycles. The summed E-state index contributed by atoms with van der Waals surface area (Å²) >= 11 is 0. The number of non-ortho nitro benzene ring substituents is 1. The second-order valence-corrected chi connectivity index (χ2v) is 6.73. The minimum Gasteiger partial charge on any atom is -0.465 e. The number of benzene rings is 3. The molecule has 0 bridgehead atoms. The maximum Gasteiger partial charge on any atom is 0.338 e. The highest BCUT2D eigenvalue weighted by atomic mass is 16.6. The van der Waals surface area contributed by atoms with Crippen molar-refractivity contribution in [3.05, 3.63) is 81.9 Å². The van der Waals surface area contributed by atoms with Gasteiger partial charge in [0.05, 0.1) is 28.8 Å². The van der Waals surface area contributed by atoms with Crippen molar-refractivity contribution in [2.24, 2.45) is 0 Å². The van der Waals surface area contributed by atoms with E-state index in [4.69, 9.17) is 4.74 Å². The minimum atomic E-state index is -0.971. The highest BCUT2D eigenvalue weighted by Crippen LogP contribution is 2.27. The molecule has 0 heterocycles. The Morgan fingerprint density at radius 1 is 0.969 bits per heavy atom. The molecule has 9 heteroatoms. The second-order valence-electron chi connectivity index (χ2n) is 6.73. The van der Waals surface area contributed by atoms with Crippen LogP contribution in [0.3, 0.4) is 0 Å². The van der Waals surface area contributed by atoms with Crippen LogP contribution in [0.4, 0.5) is 11.4 Å². The summed E-state index contributed by atoms with van der Waals surface area (Å²) in [5, 5.41) is 13.0. The summed E-state index contributed by atoms with van der Waals surface area (Å²) < 4.78 is 9.66. The molecule has 1 amide bonds. The van der Waals surface area contributed by atoms with Gasteiger partial charge in [-0.05, 0) is 24.4 Å². The molecule has 0 aromatic heterocycles. The lowest BCUT2D eigenvalue weighted by Crippen LogP contribution is -2.34. The lowest BCUT2D eigenvalue weighted by molar-refractivity contribution is -0.384. The quantitative estimate of drug-likeness (QED) is 0.315. The van der Waals surface area contributed by atoms with E-state index >= 15 is 0 Å². The first kappa shape index (κ1) is 22.4. The Bertz CT molecular complexity index is 1200. The molecule has 0 aliphatic rings. The lowest BCUT2D eigenvalue weighted by Gasteiger charge is -2.22. The fourth-order valence-electron chi connectivity index (χ4n) is 3.28. The van der Waals surface area contributed by atoms with Gasteiger partial charge in [0.15, 0.2) is 6.61 Å². The van der Waals surface area contributed by atoms with Gasteiger partial charge in [0.1, 0.15) is 0 Å². The first-order valence-electron chi connectivity index (χ1n) is 9.68. The Hall–Kier alpha value is -4.27. The van der Waals surface area contributed by atoms with Crippen molar-refractivity contribution in [2.75, 3.05) is 25.2 Å². The number of esters is 2. The van der Waals surface area contributed by atoms with Crippen LogP contribution in [0.25, 0.3) is 10.8 Å². The summed E-state index contributed by atoms with van der Waals surface area (Å²) in [5.74, 6) is -2.27. The number of nitrogens with zero attached hydrogens (tertiary/aromatic N) is 2. The van der Waals surface area contributed by atoms with Crippen LogP contribution in [0.15, 0.2) is 60.7 Å². The van der Waals surface area contributed by atoms with Crippen molar-refractivity contribution >= 4 is 40.0 Å². The number of methoxy groups -OCH3 is 1. The molecule has 0 atom stereocenters. The van der Waals surface area contributed by atoms with Gasteiger partial charge in [-0.1, -0.05) is 36.4 Å². The lowest BCUT2D eigenvalue weighted by atomic mass is 10.1. The Morgan fingerprint density at radius 3 is 2.28 bits per heavy atom. The molecule has 3 rings (SSSR count). The Morgan fingerprint density at radius 2 is 1.62 bits per heavy atom. The van der Waals surface area contributed by atoms with E-state index in [1.165, 1.54) is 4.90 Å². The van der Waals surface area contributed by atoms with Crippen LogP contribution >= 0.6 is 0 Å². The smallest absolute Gasteiger partial charge is 0.338 e. The van der Waals surface area contributed by atoms with Crippen LogP contribution < -0.4 is 4.90 Å². The standard InChI is InChI=1S/C23H20N2O7/c1-3-24(20-10-6-8-15-7-4-5-9-19(15)20)21(26)14-32-23(28)17-11-16(22(27)31-2)12-18(13-17)25(29)30/h4-13H,3,14H2,1-2H3. The Kier molecular flexibility index (Phi) is 6.79. The molecule has 0 unspecified atom stereocenters. The van der Waals surface area contributed by atoms with E-state index in [-0.39, 0.29) is 11.1 Å². The van der Waals surface area contributed by atoms with Crippen molar-refractivity contribution in [3.63, 3.8) is 0 Å². The monoisotopic (exact) mass is 436 g/mol. The second kappa shape index (κ2) is 9.69. The fraction of sp³-hybridized carbons (Fsp3) is 0.174. The van der Waals surface area contributed by atoms with E-state index in [1.54, 1.807) is 13.0 Å². The zero-order valence-electron chi connectivity index (χ0n) is 17.4. The number of hydrogen-bond acceptors (Lipinski definition) is 7. The average molecular weight is 436 g/mol. The number of carbonyl (C=O) groups excluding carboxylic acids is 3. The van der Waals surface area contributed by atoms with Crippen molar-refractivity contribution in [1.82, 2.24) is 0 Å². The first-order chi connectivity index (χ1) is 15.3. The molecule has 0 aliphatic heterocycles. The number of hydrogen-bond donors (Lipinski definition) is 0. The molecule has 0 N–H and O–H groups in total. The van der Waals surface area contributed by atoms with Crippen molar-refractivity contribution in [1.29, 1.82) is 0 Å². The third-order valence-electron chi connectivity index (χ3n) is 4.79. The number of ether oxygens (including phenoxy) is 2. The van der Waals surface area contributed by atoms with E-state index in [0.717, 1.165) is 36.1 Å². The number of fused-ring (bicyclic) bond motifs is 1. The SMILES string of the molecule is CCN(C(=O)COC(=O)c1cc(C(=O)OC)cc([N+](=O)[O-])c1)c1cccc2ccccc12. The van der Waals surface area contributed by atoms with Gasteiger partial charge in [-0.25, -0.2) is 9.59 Å². The summed E-state index contributed by atoms with van der Waals surface area (Å²) in [7, 11) is 1.12. The van der Waals surface area contributed by atoms with Crippen molar-refractivity contribution in [3.8, 4) is 0 Å². The summed E-state index contributed by atoms with van der Waals surface area (Å²) in [6.07, 6.45) is 0. The molecule has 0 fully saturated rings. The molecular weight excluding hydrogens is 416 g/mol. The molecule has 164 valence electrons. The average Bonchev–Trinajstić information content (AvgIpc) is 2.82. The van der Waals surface area contributed by atoms with E-state index in [1.807, 2.05) is 36.4 Å². The van der Waals surface area contributed by atoms with Gasteiger partial charge in [0.2, 0.25) is 0 Å². The van der Waals surface area contributed by atoms with Crippen molar-refractivity contribution < 1.29 is 28.8 Å². The number of nitro benzene ring substituents is 1. The molecule has 3 aromatic rings. The van der Waals surface area contributed by atoms with Crippen LogP contribution in [0.1, 0.15) is 27.6 Å². The van der Waals surface area contributed by atoms with E-state index in [2.05, 4.69) is 4.74 Å². The zero-order valence-corrected chi connectivity index (χ0v) is 17.4. The van der Waals surface area contributed by atoms with Crippen LogP contribution in [0.5, 0.6) is 0 Å². The molecular formula is C23H20N2O7. The highest BCUT2D eigenvalue weighted by molar-refractivity contribution is 6.05. The molecule has 32 heavy (non-hydrogen) atoms. The third kappa shape index (κ3) is 4.72. The predicted molar refractivity (Wildman–Crippen MR) is 117 cm³/mol.